The number of benzene rings is 2. The Morgan fingerprint density at radius 1 is 1.11 bits per heavy atom. The molecule has 0 saturated heterocycles. The van der Waals surface area contributed by atoms with Crippen LogP contribution in [0.1, 0.15) is 32.3 Å². The summed E-state index contributed by atoms with van der Waals surface area (Å²) in [5, 5.41) is 4.00. The van der Waals surface area contributed by atoms with Gasteiger partial charge in [0.05, 0.1) is 22.3 Å². The first-order chi connectivity index (χ1) is 13.6. The second-order valence-electron chi connectivity index (χ2n) is 6.56. The number of carbonyl (C=O) groups is 1. The zero-order valence-electron chi connectivity index (χ0n) is 16.3. The minimum absolute atomic E-state index is 0.0475. The summed E-state index contributed by atoms with van der Waals surface area (Å²) in [4.78, 5) is 30.0. The summed E-state index contributed by atoms with van der Waals surface area (Å²) < 4.78 is 1.60. The average Bonchev–Trinajstić information content (AvgIpc) is 2.73. The molecule has 1 aromatic heterocycles. The first kappa shape index (κ1) is 20.1. The van der Waals surface area contributed by atoms with Gasteiger partial charge in [0.1, 0.15) is 0 Å². The van der Waals surface area contributed by atoms with E-state index in [4.69, 9.17) is 0 Å². The van der Waals surface area contributed by atoms with Crippen LogP contribution in [-0.2, 0) is 11.2 Å². The first-order valence-electron chi connectivity index (χ1n) is 9.64. The van der Waals surface area contributed by atoms with Crippen LogP contribution in [0.3, 0.4) is 0 Å². The summed E-state index contributed by atoms with van der Waals surface area (Å²) in [6.07, 6.45) is 2.93. The van der Waals surface area contributed by atoms with Crippen LogP contribution in [-0.4, -0.2) is 27.8 Å². The van der Waals surface area contributed by atoms with Crippen molar-refractivity contribution in [2.45, 2.75) is 38.3 Å². The van der Waals surface area contributed by atoms with Gasteiger partial charge in [-0.2, -0.15) is 0 Å². The molecule has 146 valence electrons. The summed E-state index contributed by atoms with van der Waals surface area (Å²) in [6, 6.07) is 15.2. The fourth-order valence-electron chi connectivity index (χ4n) is 2.90. The standard InChI is InChI=1S/C22H25N3O2S/c1-3-5-14-23-20(26)15-28-22-24-19-9-7-6-8-18(19)21(27)25(22)17-12-10-16(4-2)11-13-17/h6-13H,3-5,14-15H2,1-2H3,(H,23,26). The van der Waals surface area contributed by atoms with Crippen molar-refractivity contribution in [1.29, 1.82) is 0 Å². The van der Waals surface area contributed by atoms with Gasteiger partial charge in [0.2, 0.25) is 5.91 Å². The van der Waals surface area contributed by atoms with Crippen LogP contribution < -0.4 is 10.9 Å². The fraction of sp³-hybridized carbons (Fsp3) is 0.318. The number of para-hydroxylation sites is 1. The number of nitrogens with zero attached hydrogens (tertiary/aromatic N) is 2. The SMILES string of the molecule is CCCCNC(=O)CSc1nc2ccccc2c(=O)n1-c1ccc(CC)cc1. The number of nitrogens with one attached hydrogen (secondary N) is 1. The van der Waals surface area contributed by atoms with Gasteiger partial charge in [-0.3, -0.25) is 14.2 Å². The minimum Gasteiger partial charge on any atom is -0.355 e. The summed E-state index contributed by atoms with van der Waals surface area (Å²) in [6.45, 7) is 4.85. The van der Waals surface area contributed by atoms with Gasteiger partial charge in [0.25, 0.3) is 5.56 Å². The van der Waals surface area contributed by atoms with Crippen LogP contribution in [0.2, 0.25) is 0 Å². The molecule has 0 unspecified atom stereocenters. The van der Waals surface area contributed by atoms with E-state index in [2.05, 4.69) is 24.1 Å². The number of aromatic nitrogens is 2. The van der Waals surface area contributed by atoms with Crippen molar-refractivity contribution in [3.05, 3.63) is 64.4 Å². The molecule has 3 aromatic rings. The maximum absolute atomic E-state index is 13.2. The third-order valence-corrected chi connectivity index (χ3v) is 5.47. The van der Waals surface area contributed by atoms with Gasteiger partial charge < -0.3 is 5.32 Å². The number of carbonyl (C=O) groups excluding carboxylic acids is 1. The Bertz CT molecular complexity index is 1010. The van der Waals surface area contributed by atoms with E-state index in [0.29, 0.717) is 22.6 Å². The minimum atomic E-state index is -0.122. The molecule has 0 aliphatic rings. The molecular formula is C22H25N3O2S. The van der Waals surface area contributed by atoms with Gasteiger partial charge in [0.15, 0.2) is 5.16 Å². The molecule has 0 bridgehead atoms. The first-order valence-corrected chi connectivity index (χ1v) is 10.6. The Kier molecular flexibility index (Phi) is 6.87. The number of thioether (sulfide) groups is 1. The molecule has 0 aliphatic carbocycles. The lowest BCUT2D eigenvalue weighted by Gasteiger charge is -2.13. The summed E-state index contributed by atoms with van der Waals surface area (Å²) in [5.41, 5.74) is 2.48. The Labute approximate surface area is 169 Å². The van der Waals surface area contributed by atoms with E-state index >= 15 is 0 Å². The van der Waals surface area contributed by atoms with Gasteiger partial charge in [-0.15, -0.1) is 0 Å². The van der Waals surface area contributed by atoms with E-state index in [1.807, 2.05) is 42.5 Å². The molecule has 0 radical (unpaired) electrons. The van der Waals surface area contributed by atoms with E-state index in [0.717, 1.165) is 24.9 Å². The van der Waals surface area contributed by atoms with Crippen LogP contribution in [0, 0.1) is 0 Å². The number of hydrogen-bond donors (Lipinski definition) is 1. The Morgan fingerprint density at radius 2 is 1.86 bits per heavy atom. The maximum Gasteiger partial charge on any atom is 0.266 e. The number of unbranched alkanes of at least 4 members (excludes halogenated alkanes) is 1. The molecule has 3 rings (SSSR count). The van der Waals surface area contributed by atoms with Crippen LogP contribution in [0.4, 0.5) is 0 Å². The topological polar surface area (TPSA) is 64.0 Å². The van der Waals surface area contributed by atoms with Crippen LogP contribution in [0.15, 0.2) is 58.5 Å². The van der Waals surface area contributed by atoms with Crippen molar-refractivity contribution >= 4 is 28.6 Å². The predicted octanol–water partition coefficient (Wildman–Crippen LogP) is 3.96. The molecule has 2 aromatic carbocycles. The average molecular weight is 396 g/mol. The third-order valence-electron chi connectivity index (χ3n) is 4.53. The van der Waals surface area contributed by atoms with Gasteiger partial charge in [0, 0.05) is 6.54 Å². The molecule has 28 heavy (non-hydrogen) atoms. The molecule has 1 heterocycles. The maximum atomic E-state index is 13.2. The van der Waals surface area contributed by atoms with Gasteiger partial charge >= 0.3 is 0 Å². The number of amides is 1. The zero-order chi connectivity index (χ0) is 19.9. The Hall–Kier alpha value is -2.60. The lowest BCUT2D eigenvalue weighted by molar-refractivity contribution is -0.118. The zero-order valence-corrected chi connectivity index (χ0v) is 17.1. The molecule has 0 fully saturated rings. The van der Waals surface area contributed by atoms with Crippen molar-refractivity contribution in [1.82, 2.24) is 14.9 Å². The lowest BCUT2D eigenvalue weighted by atomic mass is 10.1. The Balaban J connectivity index is 1.97. The molecule has 0 saturated carbocycles. The van der Waals surface area contributed by atoms with Crippen LogP contribution in [0.5, 0.6) is 0 Å². The van der Waals surface area contributed by atoms with Crippen molar-refractivity contribution in [3.8, 4) is 5.69 Å². The van der Waals surface area contributed by atoms with Crippen LogP contribution >= 0.6 is 11.8 Å². The summed E-state index contributed by atoms with van der Waals surface area (Å²) >= 11 is 1.29. The highest BCUT2D eigenvalue weighted by atomic mass is 32.2. The van der Waals surface area contributed by atoms with Crippen molar-refractivity contribution in [2.24, 2.45) is 0 Å². The molecule has 1 N–H and O–H groups in total. The normalized spacial score (nSPS) is 10.9. The molecule has 5 nitrogen and oxygen atoms in total. The van der Waals surface area contributed by atoms with E-state index in [9.17, 15) is 9.59 Å². The third kappa shape index (κ3) is 4.62. The quantitative estimate of drug-likeness (QED) is 0.356. The molecule has 0 spiro atoms. The largest absolute Gasteiger partial charge is 0.355 e. The number of aryl methyl sites for hydroxylation is 1. The van der Waals surface area contributed by atoms with E-state index in [-0.39, 0.29) is 17.2 Å². The second-order valence-corrected chi connectivity index (χ2v) is 7.51. The summed E-state index contributed by atoms with van der Waals surface area (Å²) in [5.74, 6) is 0.176. The van der Waals surface area contributed by atoms with E-state index < -0.39 is 0 Å². The highest BCUT2D eigenvalue weighted by Gasteiger charge is 2.14. The lowest BCUT2D eigenvalue weighted by Crippen LogP contribution is -2.27. The highest BCUT2D eigenvalue weighted by Crippen LogP contribution is 2.21. The van der Waals surface area contributed by atoms with Crippen molar-refractivity contribution < 1.29 is 4.79 Å². The second kappa shape index (κ2) is 9.55. The molecule has 1 amide bonds. The molecule has 0 aliphatic heterocycles. The monoisotopic (exact) mass is 395 g/mol. The van der Waals surface area contributed by atoms with Gasteiger partial charge in [-0.1, -0.05) is 56.3 Å². The fourth-order valence-corrected chi connectivity index (χ4v) is 3.75. The van der Waals surface area contributed by atoms with E-state index in [1.54, 1.807) is 10.6 Å². The molecule has 6 heteroatoms. The molecule has 0 atom stereocenters. The summed E-state index contributed by atoms with van der Waals surface area (Å²) in [7, 11) is 0. The van der Waals surface area contributed by atoms with Crippen molar-refractivity contribution in [2.75, 3.05) is 12.3 Å². The predicted molar refractivity (Wildman–Crippen MR) is 115 cm³/mol. The van der Waals surface area contributed by atoms with Gasteiger partial charge in [-0.25, -0.2) is 4.98 Å². The number of rotatable bonds is 8. The highest BCUT2D eigenvalue weighted by molar-refractivity contribution is 7.99. The number of hydrogen-bond acceptors (Lipinski definition) is 4. The smallest absolute Gasteiger partial charge is 0.266 e. The van der Waals surface area contributed by atoms with E-state index in [1.165, 1.54) is 17.3 Å². The van der Waals surface area contributed by atoms with Crippen LogP contribution in [0.25, 0.3) is 16.6 Å². The Morgan fingerprint density at radius 3 is 2.57 bits per heavy atom. The van der Waals surface area contributed by atoms with Crippen molar-refractivity contribution in [3.63, 3.8) is 0 Å². The molecular weight excluding hydrogens is 370 g/mol. The van der Waals surface area contributed by atoms with Gasteiger partial charge in [-0.05, 0) is 42.7 Å². The number of fused-ring (bicyclic) bond motifs is 1.